The van der Waals surface area contributed by atoms with Crippen LogP contribution < -0.4 is 5.32 Å². The Morgan fingerprint density at radius 1 is 0.931 bits per heavy atom. The zero-order valence-electron chi connectivity index (χ0n) is 15.8. The minimum atomic E-state index is -0.347. The number of anilines is 1. The van der Waals surface area contributed by atoms with Crippen LogP contribution >= 0.6 is 0 Å². The molecule has 0 saturated carbocycles. The second-order valence-electron chi connectivity index (χ2n) is 6.96. The first-order valence-corrected chi connectivity index (χ1v) is 9.39. The molecule has 0 fully saturated rings. The minimum absolute atomic E-state index is 0.347. The summed E-state index contributed by atoms with van der Waals surface area (Å²) in [4.78, 5) is 4.80. The van der Waals surface area contributed by atoms with Crippen LogP contribution in [-0.2, 0) is 6.54 Å². The molecule has 6 heteroatoms. The molecule has 0 aliphatic carbocycles. The van der Waals surface area contributed by atoms with Crippen molar-refractivity contribution in [3.05, 3.63) is 89.7 Å². The van der Waals surface area contributed by atoms with Gasteiger partial charge in [0.15, 0.2) is 11.5 Å². The van der Waals surface area contributed by atoms with Crippen molar-refractivity contribution < 1.29 is 4.39 Å². The predicted octanol–water partition coefficient (Wildman–Crippen LogP) is 5.00. The fraction of sp³-hybridized carbons (Fsp3) is 0.0870. The van der Waals surface area contributed by atoms with Gasteiger partial charge in [0, 0.05) is 11.9 Å². The number of aromatic nitrogens is 4. The first-order valence-electron chi connectivity index (χ1n) is 9.39. The third-order valence-corrected chi connectivity index (χ3v) is 4.90. The Labute approximate surface area is 166 Å². The molecule has 0 radical (unpaired) electrons. The Balaban J connectivity index is 1.73. The van der Waals surface area contributed by atoms with Gasteiger partial charge in [0.05, 0.1) is 11.1 Å². The average Bonchev–Trinajstić information content (AvgIpc) is 3.19. The Morgan fingerprint density at radius 3 is 2.55 bits per heavy atom. The number of aryl methyl sites for hydroxylation is 1. The number of halogens is 1. The van der Waals surface area contributed by atoms with E-state index in [1.807, 2.05) is 55.5 Å². The van der Waals surface area contributed by atoms with E-state index < -0.39 is 0 Å². The van der Waals surface area contributed by atoms with E-state index in [4.69, 9.17) is 4.98 Å². The summed E-state index contributed by atoms with van der Waals surface area (Å²) in [6.45, 7) is 2.60. The summed E-state index contributed by atoms with van der Waals surface area (Å²) in [5, 5.41) is 13.0. The molecule has 5 nitrogen and oxygen atoms in total. The van der Waals surface area contributed by atoms with Crippen molar-refractivity contribution in [3.63, 3.8) is 0 Å². The maximum atomic E-state index is 14.5. The topological polar surface area (TPSA) is 55.1 Å². The van der Waals surface area contributed by atoms with E-state index in [9.17, 15) is 4.39 Å². The van der Waals surface area contributed by atoms with Gasteiger partial charge in [-0.3, -0.25) is 0 Å². The van der Waals surface area contributed by atoms with E-state index in [-0.39, 0.29) is 5.82 Å². The van der Waals surface area contributed by atoms with E-state index in [0.717, 1.165) is 22.0 Å². The van der Waals surface area contributed by atoms with E-state index >= 15 is 0 Å². The Kier molecular flexibility index (Phi) is 4.17. The van der Waals surface area contributed by atoms with Gasteiger partial charge in [-0.2, -0.15) is 0 Å². The molecule has 3 aromatic carbocycles. The molecule has 0 atom stereocenters. The van der Waals surface area contributed by atoms with Crippen molar-refractivity contribution >= 4 is 22.5 Å². The van der Waals surface area contributed by atoms with Gasteiger partial charge in [-0.1, -0.05) is 54.1 Å². The monoisotopic (exact) mass is 383 g/mol. The second-order valence-corrected chi connectivity index (χ2v) is 6.96. The normalized spacial score (nSPS) is 11.2. The molecule has 5 aromatic rings. The number of fused-ring (bicyclic) bond motifs is 3. The highest BCUT2D eigenvalue weighted by Gasteiger charge is 2.18. The van der Waals surface area contributed by atoms with Crippen LogP contribution in [0.15, 0.2) is 72.8 Å². The maximum absolute atomic E-state index is 14.5. The number of benzene rings is 3. The largest absolute Gasteiger partial charge is 0.351 e. The third kappa shape index (κ3) is 3.08. The minimum Gasteiger partial charge on any atom is -0.351 e. The third-order valence-electron chi connectivity index (χ3n) is 4.90. The molecule has 0 amide bonds. The van der Waals surface area contributed by atoms with Crippen LogP contribution in [0.4, 0.5) is 10.3 Å². The van der Waals surface area contributed by atoms with E-state index in [1.165, 1.54) is 6.07 Å². The smallest absolute Gasteiger partial charge is 0.211 e. The molecule has 0 bridgehead atoms. The van der Waals surface area contributed by atoms with Crippen LogP contribution in [0.25, 0.3) is 27.9 Å². The van der Waals surface area contributed by atoms with Gasteiger partial charge in [-0.15, -0.1) is 10.2 Å². The number of rotatable bonds is 4. The molecular formula is C23H18FN5. The number of hydrogen-bond donors (Lipinski definition) is 1. The summed E-state index contributed by atoms with van der Waals surface area (Å²) in [5.41, 5.74) is 4.06. The van der Waals surface area contributed by atoms with Gasteiger partial charge >= 0.3 is 0 Å². The predicted molar refractivity (Wildman–Crippen MR) is 112 cm³/mol. The number of nitrogens with zero attached hydrogens (tertiary/aromatic N) is 4. The van der Waals surface area contributed by atoms with Crippen molar-refractivity contribution in [1.82, 2.24) is 19.6 Å². The molecule has 0 aliphatic rings. The van der Waals surface area contributed by atoms with Crippen molar-refractivity contribution in [1.29, 1.82) is 0 Å². The van der Waals surface area contributed by atoms with Gasteiger partial charge in [-0.25, -0.2) is 13.8 Å². The lowest BCUT2D eigenvalue weighted by molar-refractivity contribution is 0.629. The molecule has 0 spiro atoms. The van der Waals surface area contributed by atoms with E-state index in [0.29, 0.717) is 29.5 Å². The fourth-order valence-corrected chi connectivity index (χ4v) is 3.46. The lowest BCUT2D eigenvalue weighted by Gasteiger charge is -2.12. The molecule has 1 N–H and O–H groups in total. The van der Waals surface area contributed by atoms with Crippen LogP contribution in [0.5, 0.6) is 0 Å². The maximum Gasteiger partial charge on any atom is 0.211 e. The Hall–Kier alpha value is -3.80. The summed E-state index contributed by atoms with van der Waals surface area (Å²) in [6.07, 6.45) is 0. The second kappa shape index (κ2) is 6.98. The van der Waals surface area contributed by atoms with Crippen LogP contribution in [0.2, 0.25) is 0 Å². The van der Waals surface area contributed by atoms with Crippen LogP contribution in [0.3, 0.4) is 0 Å². The number of hydrogen-bond acceptors (Lipinski definition) is 4. The van der Waals surface area contributed by atoms with Crippen LogP contribution in [-0.4, -0.2) is 19.6 Å². The molecule has 2 aromatic heterocycles. The van der Waals surface area contributed by atoms with Crippen molar-refractivity contribution in [3.8, 4) is 11.4 Å². The van der Waals surface area contributed by atoms with Gasteiger partial charge in [0.1, 0.15) is 5.82 Å². The Morgan fingerprint density at radius 2 is 1.72 bits per heavy atom. The molecule has 0 saturated heterocycles. The van der Waals surface area contributed by atoms with Gasteiger partial charge in [0.2, 0.25) is 5.95 Å². The standard InChI is InChI=1S/C23H18FN5/c1-15-11-12-20-18(13-15)22-28-27-21(17-9-5-6-10-19(17)24)29(22)23(26-20)25-14-16-7-3-2-4-8-16/h2-13H,14H2,1H3,(H,25,26). The first kappa shape index (κ1) is 17.3. The average molecular weight is 383 g/mol. The van der Waals surface area contributed by atoms with Crippen molar-refractivity contribution in [2.24, 2.45) is 0 Å². The molecule has 0 unspecified atom stereocenters. The summed E-state index contributed by atoms with van der Waals surface area (Å²) >= 11 is 0. The SMILES string of the molecule is Cc1ccc2nc(NCc3ccccc3)n3c(-c4ccccc4F)nnc3c2c1. The fourth-order valence-electron chi connectivity index (χ4n) is 3.46. The lowest BCUT2D eigenvalue weighted by Crippen LogP contribution is -2.08. The van der Waals surface area contributed by atoms with E-state index in [1.54, 1.807) is 22.6 Å². The van der Waals surface area contributed by atoms with Crippen molar-refractivity contribution in [2.45, 2.75) is 13.5 Å². The van der Waals surface area contributed by atoms with Gasteiger partial charge in [-0.05, 0) is 36.8 Å². The molecule has 0 aliphatic heterocycles. The Bertz CT molecular complexity index is 1330. The highest BCUT2D eigenvalue weighted by Crippen LogP contribution is 2.28. The van der Waals surface area contributed by atoms with Crippen molar-refractivity contribution in [2.75, 3.05) is 5.32 Å². The zero-order chi connectivity index (χ0) is 19.8. The highest BCUT2D eigenvalue weighted by molar-refractivity contribution is 5.93. The van der Waals surface area contributed by atoms with Gasteiger partial charge < -0.3 is 5.32 Å². The van der Waals surface area contributed by atoms with Gasteiger partial charge in [0.25, 0.3) is 0 Å². The summed E-state index contributed by atoms with van der Waals surface area (Å²) in [5.74, 6) is 0.646. The zero-order valence-corrected chi connectivity index (χ0v) is 15.8. The molecule has 29 heavy (non-hydrogen) atoms. The van der Waals surface area contributed by atoms with E-state index in [2.05, 4.69) is 15.5 Å². The molecular weight excluding hydrogens is 365 g/mol. The lowest BCUT2D eigenvalue weighted by atomic mass is 10.1. The van der Waals surface area contributed by atoms with Crippen LogP contribution in [0, 0.1) is 12.7 Å². The molecule has 5 rings (SSSR count). The first-order chi connectivity index (χ1) is 14.2. The summed E-state index contributed by atoms with van der Waals surface area (Å²) in [7, 11) is 0. The molecule has 142 valence electrons. The summed E-state index contributed by atoms with van der Waals surface area (Å²) < 4.78 is 16.3. The molecule has 2 heterocycles. The number of nitrogens with one attached hydrogen (secondary N) is 1. The summed E-state index contributed by atoms with van der Waals surface area (Å²) in [6, 6.07) is 22.6. The van der Waals surface area contributed by atoms with Crippen LogP contribution in [0.1, 0.15) is 11.1 Å². The highest BCUT2D eigenvalue weighted by atomic mass is 19.1. The quantitative estimate of drug-likeness (QED) is 0.474.